The van der Waals surface area contributed by atoms with Crippen LogP contribution < -0.4 is 14.8 Å². The van der Waals surface area contributed by atoms with E-state index in [0.717, 1.165) is 49.9 Å². The molecule has 0 aliphatic carbocycles. The van der Waals surface area contributed by atoms with Crippen LogP contribution in [0.25, 0.3) is 0 Å². The Labute approximate surface area is 188 Å². The zero-order valence-electron chi connectivity index (χ0n) is 17.8. The number of hydrogen-bond acceptors (Lipinski definition) is 5. The van der Waals surface area contributed by atoms with E-state index in [0.29, 0.717) is 12.2 Å². The summed E-state index contributed by atoms with van der Waals surface area (Å²) in [6.45, 7) is 2.30. The van der Waals surface area contributed by atoms with Gasteiger partial charge in [-0.15, -0.1) is 0 Å². The van der Waals surface area contributed by atoms with Crippen molar-refractivity contribution in [2.24, 2.45) is 0 Å². The summed E-state index contributed by atoms with van der Waals surface area (Å²) in [5.74, 6) is -0.999. The van der Waals surface area contributed by atoms with Gasteiger partial charge in [0.2, 0.25) is 26.0 Å². The second-order valence-corrected chi connectivity index (χ2v) is 10.7. The Bertz CT molecular complexity index is 1090. The highest BCUT2D eigenvalue weighted by molar-refractivity contribution is 7.89. The maximum atomic E-state index is 12.9. The monoisotopic (exact) mass is 485 g/mol. The number of nitrogens with one attached hydrogen (secondary N) is 3. The lowest BCUT2D eigenvalue weighted by Crippen LogP contribution is -2.28. The second kappa shape index (κ2) is 12.0. The molecule has 0 fully saturated rings. The molecule has 0 heterocycles. The fourth-order valence-electron chi connectivity index (χ4n) is 2.78. The number of amides is 1. The third-order valence-corrected chi connectivity index (χ3v) is 7.49. The Balaban J connectivity index is 1.81. The molecule has 11 heteroatoms. The van der Waals surface area contributed by atoms with Crippen LogP contribution in [0, 0.1) is 5.82 Å². The predicted octanol–water partition coefficient (Wildman–Crippen LogP) is 2.99. The molecule has 0 aliphatic heterocycles. The molecule has 2 aromatic rings. The summed E-state index contributed by atoms with van der Waals surface area (Å²) in [4.78, 5) is 12.1. The smallest absolute Gasteiger partial charge is 0.240 e. The van der Waals surface area contributed by atoms with Crippen molar-refractivity contribution in [1.82, 2.24) is 9.44 Å². The van der Waals surface area contributed by atoms with E-state index < -0.39 is 31.8 Å². The van der Waals surface area contributed by atoms with Gasteiger partial charge < -0.3 is 5.32 Å². The second-order valence-electron chi connectivity index (χ2n) is 7.13. The summed E-state index contributed by atoms with van der Waals surface area (Å²) in [6.07, 6.45) is 3.72. The van der Waals surface area contributed by atoms with Crippen molar-refractivity contribution in [2.75, 3.05) is 18.4 Å². The third kappa shape index (κ3) is 8.30. The molecule has 0 bridgehead atoms. The molecule has 8 nitrogen and oxygen atoms in total. The minimum absolute atomic E-state index is 0.0954. The first kappa shape index (κ1) is 25.9. The molecule has 3 N–H and O–H groups in total. The van der Waals surface area contributed by atoms with Crippen LogP contribution in [-0.4, -0.2) is 35.8 Å². The lowest BCUT2D eigenvalue weighted by Gasteiger charge is -2.09. The first-order chi connectivity index (χ1) is 15.1. The normalized spacial score (nSPS) is 11.9. The van der Waals surface area contributed by atoms with Gasteiger partial charge in [-0.05, 0) is 55.0 Å². The summed E-state index contributed by atoms with van der Waals surface area (Å²) in [7, 11) is -7.47. The van der Waals surface area contributed by atoms with Gasteiger partial charge in [-0.2, -0.15) is 0 Å². The Morgan fingerprint density at radius 3 is 1.88 bits per heavy atom. The number of unbranched alkanes of at least 4 members (excludes halogenated alkanes) is 3. The lowest BCUT2D eigenvalue weighted by molar-refractivity contribution is -0.116. The molecule has 2 aromatic carbocycles. The van der Waals surface area contributed by atoms with Crippen LogP contribution in [0.2, 0.25) is 0 Å². The van der Waals surface area contributed by atoms with E-state index in [2.05, 4.69) is 21.7 Å². The van der Waals surface area contributed by atoms with Gasteiger partial charge in [-0.1, -0.05) is 26.2 Å². The molecule has 0 radical (unpaired) electrons. The number of carbonyl (C=O) groups is 1. The minimum Gasteiger partial charge on any atom is -0.326 e. The van der Waals surface area contributed by atoms with Crippen LogP contribution in [0.5, 0.6) is 0 Å². The maximum Gasteiger partial charge on any atom is 0.240 e. The van der Waals surface area contributed by atoms with Crippen molar-refractivity contribution in [3.8, 4) is 0 Å². The van der Waals surface area contributed by atoms with Crippen LogP contribution in [0.4, 0.5) is 10.1 Å². The molecule has 0 aliphatic rings. The van der Waals surface area contributed by atoms with E-state index in [1.165, 1.54) is 24.3 Å². The highest BCUT2D eigenvalue weighted by Gasteiger charge is 2.15. The number of hydrogen-bond donors (Lipinski definition) is 3. The first-order valence-electron chi connectivity index (χ1n) is 10.3. The van der Waals surface area contributed by atoms with Gasteiger partial charge in [0.25, 0.3) is 0 Å². The lowest BCUT2D eigenvalue weighted by atomic mass is 10.2. The minimum atomic E-state index is -3.85. The Morgan fingerprint density at radius 2 is 1.31 bits per heavy atom. The van der Waals surface area contributed by atoms with Crippen LogP contribution in [0.3, 0.4) is 0 Å². The molecule has 0 aromatic heterocycles. The van der Waals surface area contributed by atoms with E-state index in [1.54, 1.807) is 0 Å². The molecule has 0 spiro atoms. The van der Waals surface area contributed by atoms with Gasteiger partial charge >= 0.3 is 0 Å². The average molecular weight is 486 g/mol. The van der Waals surface area contributed by atoms with E-state index in [9.17, 15) is 26.0 Å². The highest BCUT2D eigenvalue weighted by Crippen LogP contribution is 2.15. The molecule has 0 atom stereocenters. The van der Waals surface area contributed by atoms with Crippen LogP contribution in [0.15, 0.2) is 58.3 Å². The summed E-state index contributed by atoms with van der Waals surface area (Å²) in [5, 5.41) is 2.58. The van der Waals surface area contributed by atoms with Gasteiger partial charge in [0.1, 0.15) is 5.82 Å². The SMILES string of the molecule is CCCCCCNS(=O)(=O)c1ccc(NC(=O)CCNS(=O)(=O)c2ccc(F)cc2)cc1. The van der Waals surface area contributed by atoms with Crippen molar-refractivity contribution in [1.29, 1.82) is 0 Å². The van der Waals surface area contributed by atoms with Crippen molar-refractivity contribution < 1.29 is 26.0 Å². The van der Waals surface area contributed by atoms with E-state index in [-0.39, 0.29) is 22.8 Å². The summed E-state index contributed by atoms with van der Waals surface area (Å²) in [6, 6.07) is 10.0. The molecule has 0 unspecified atom stereocenters. The molecular formula is C21H28FN3O5S2. The number of benzene rings is 2. The van der Waals surface area contributed by atoms with E-state index >= 15 is 0 Å². The maximum absolute atomic E-state index is 12.9. The first-order valence-corrected chi connectivity index (χ1v) is 13.3. The summed E-state index contributed by atoms with van der Waals surface area (Å²) >= 11 is 0. The van der Waals surface area contributed by atoms with Crippen LogP contribution in [-0.2, 0) is 24.8 Å². The van der Waals surface area contributed by atoms with Crippen LogP contribution >= 0.6 is 0 Å². The highest BCUT2D eigenvalue weighted by atomic mass is 32.2. The van der Waals surface area contributed by atoms with Crippen LogP contribution in [0.1, 0.15) is 39.0 Å². The van der Waals surface area contributed by atoms with Gasteiger partial charge in [-0.3, -0.25) is 4.79 Å². The van der Waals surface area contributed by atoms with Gasteiger partial charge in [0.15, 0.2) is 0 Å². The number of anilines is 1. The van der Waals surface area contributed by atoms with E-state index in [4.69, 9.17) is 0 Å². The zero-order chi connectivity index (χ0) is 23.6. The number of rotatable bonds is 13. The number of halogens is 1. The average Bonchev–Trinajstić information content (AvgIpc) is 2.74. The zero-order valence-corrected chi connectivity index (χ0v) is 19.4. The fraction of sp³-hybridized carbons (Fsp3) is 0.381. The largest absolute Gasteiger partial charge is 0.326 e. The van der Waals surface area contributed by atoms with Gasteiger partial charge in [-0.25, -0.2) is 30.7 Å². The standard InChI is InChI=1S/C21H28FN3O5S2/c1-2-3-4-5-15-23-31(27,28)20-12-8-18(9-13-20)25-21(26)14-16-24-32(29,30)19-10-6-17(22)7-11-19/h6-13,23-24H,2-5,14-16H2,1H3,(H,25,26). The molecule has 2 rings (SSSR count). The molecule has 0 saturated carbocycles. The third-order valence-electron chi connectivity index (χ3n) is 4.54. The quantitative estimate of drug-likeness (QED) is 0.377. The molecule has 32 heavy (non-hydrogen) atoms. The molecule has 1 amide bonds. The Morgan fingerprint density at radius 1 is 0.781 bits per heavy atom. The predicted molar refractivity (Wildman–Crippen MR) is 121 cm³/mol. The molecular weight excluding hydrogens is 457 g/mol. The number of sulfonamides is 2. The summed E-state index contributed by atoms with van der Waals surface area (Å²) in [5.41, 5.74) is 0.387. The molecule has 0 saturated heterocycles. The number of carbonyl (C=O) groups excluding carboxylic acids is 1. The van der Waals surface area contributed by atoms with Gasteiger partial charge in [0, 0.05) is 25.2 Å². The van der Waals surface area contributed by atoms with Crippen molar-refractivity contribution in [3.63, 3.8) is 0 Å². The van der Waals surface area contributed by atoms with Crippen molar-refractivity contribution >= 4 is 31.6 Å². The van der Waals surface area contributed by atoms with E-state index in [1.807, 2.05) is 0 Å². The van der Waals surface area contributed by atoms with Crippen molar-refractivity contribution in [3.05, 3.63) is 54.3 Å². The van der Waals surface area contributed by atoms with Gasteiger partial charge in [0.05, 0.1) is 9.79 Å². The molecule has 176 valence electrons. The Hall–Kier alpha value is -2.34. The fourth-order valence-corrected chi connectivity index (χ4v) is 4.88. The Kier molecular flexibility index (Phi) is 9.76. The van der Waals surface area contributed by atoms with Crippen molar-refractivity contribution in [2.45, 2.75) is 48.8 Å². The summed E-state index contributed by atoms with van der Waals surface area (Å²) < 4.78 is 66.5. The topological polar surface area (TPSA) is 121 Å².